The van der Waals surface area contributed by atoms with Gasteiger partial charge in [-0.25, -0.2) is 0 Å². The van der Waals surface area contributed by atoms with Gasteiger partial charge >= 0.3 is 6.01 Å². The first kappa shape index (κ1) is 15.4. The summed E-state index contributed by atoms with van der Waals surface area (Å²) < 4.78 is 10.9. The Morgan fingerprint density at radius 2 is 2.12 bits per heavy atom. The summed E-state index contributed by atoms with van der Waals surface area (Å²) in [5.74, 6) is 0.435. The molecule has 25 heavy (non-hydrogen) atoms. The monoisotopic (exact) mass is 341 g/mol. The van der Waals surface area contributed by atoms with Crippen LogP contribution in [-0.2, 0) is 16.1 Å². The van der Waals surface area contributed by atoms with E-state index in [9.17, 15) is 4.79 Å². The van der Waals surface area contributed by atoms with E-state index in [2.05, 4.69) is 30.9 Å². The standard InChI is InChI=1S/C15H15N7O3/c23-12(16-15-19-18-14(25-15)11-7-4-8-24-11)9-22-20-13(17-21-22)10-5-2-1-3-6-10/h1-3,5-6,11H,4,7-9H2,(H,16,19,23)/t11-/m0/s1. The lowest BCUT2D eigenvalue weighted by molar-refractivity contribution is -0.117. The van der Waals surface area contributed by atoms with E-state index in [1.165, 1.54) is 4.80 Å². The maximum Gasteiger partial charge on any atom is 0.322 e. The molecule has 0 aliphatic carbocycles. The van der Waals surface area contributed by atoms with E-state index in [-0.39, 0.29) is 24.6 Å². The zero-order chi connectivity index (χ0) is 17.1. The quantitative estimate of drug-likeness (QED) is 0.735. The average molecular weight is 341 g/mol. The number of ether oxygens (including phenoxy) is 1. The Kier molecular flexibility index (Phi) is 4.17. The molecule has 1 aliphatic rings. The van der Waals surface area contributed by atoms with Crippen molar-refractivity contribution >= 4 is 11.9 Å². The Morgan fingerprint density at radius 3 is 2.92 bits per heavy atom. The van der Waals surface area contributed by atoms with E-state index in [1.807, 2.05) is 30.3 Å². The topological polar surface area (TPSA) is 121 Å². The molecule has 0 bridgehead atoms. The van der Waals surface area contributed by atoms with Gasteiger partial charge in [-0.1, -0.05) is 35.4 Å². The number of anilines is 1. The molecule has 1 saturated heterocycles. The second-order valence-electron chi connectivity index (χ2n) is 5.50. The van der Waals surface area contributed by atoms with Gasteiger partial charge in [-0.05, 0) is 18.1 Å². The Balaban J connectivity index is 1.37. The summed E-state index contributed by atoms with van der Waals surface area (Å²) in [6.07, 6.45) is 1.60. The van der Waals surface area contributed by atoms with Crippen LogP contribution in [0.4, 0.5) is 6.01 Å². The largest absolute Gasteiger partial charge is 0.405 e. The molecule has 0 saturated carbocycles. The van der Waals surface area contributed by atoms with Crippen molar-refractivity contribution in [1.82, 2.24) is 30.4 Å². The summed E-state index contributed by atoms with van der Waals surface area (Å²) in [4.78, 5) is 13.3. The number of nitrogens with one attached hydrogen (secondary N) is 1. The summed E-state index contributed by atoms with van der Waals surface area (Å²) in [7, 11) is 0. The fourth-order valence-corrected chi connectivity index (χ4v) is 2.49. The average Bonchev–Trinajstić information content (AvgIpc) is 3.37. The maximum atomic E-state index is 12.1. The first-order valence-corrected chi connectivity index (χ1v) is 7.86. The third kappa shape index (κ3) is 3.53. The van der Waals surface area contributed by atoms with Crippen molar-refractivity contribution in [3.8, 4) is 11.4 Å². The fourth-order valence-electron chi connectivity index (χ4n) is 2.49. The van der Waals surface area contributed by atoms with E-state index in [1.54, 1.807) is 0 Å². The van der Waals surface area contributed by atoms with Gasteiger partial charge < -0.3 is 9.15 Å². The lowest BCUT2D eigenvalue weighted by atomic mass is 10.2. The van der Waals surface area contributed by atoms with E-state index < -0.39 is 0 Å². The Hall–Kier alpha value is -3.14. The highest BCUT2D eigenvalue weighted by molar-refractivity contribution is 5.88. The summed E-state index contributed by atoms with van der Waals surface area (Å²) in [6, 6.07) is 9.42. The van der Waals surface area contributed by atoms with Gasteiger partial charge in [-0.3, -0.25) is 10.1 Å². The Bertz CT molecular complexity index is 855. The molecular weight excluding hydrogens is 326 g/mol. The second-order valence-corrected chi connectivity index (χ2v) is 5.50. The first-order valence-electron chi connectivity index (χ1n) is 7.86. The van der Waals surface area contributed by atoms with Gasteiger partial charge in [0.1, 0.15) is 12.6 Å². The van der Waals surface area contributed by atoms with Crippen LogP contribution >= 0.6 is 0 Å². The molecule has 0 spiro atoms. The first-order chi connectivity index (χ1) is 12.3. The van der Waals surface area contributed by atoms with Crippen LogP contribution in [0.5, 0.6) is 0 Å². The number of hydrogen-bond acceptors (Lipinski definition) is 8. The Labute approximate surface area is 142 Å². The normalized spacial score (nSPS) is 16.9. The zero-order valence-electron chi connectivity index (χ0n) is 13.2. The lowest BCUT2D eigenvalue weighted by Gasteiger charge is -2.02. The molecule has 1 aliphatic heterocycles. The molecule has 3 heterocycles. The van der Waals surface area contributed by atoms with Crippen LogP contribution in [0, 0.1) is 0 Å². The van der Waals surface area contributed by atoms with Gasteiger partial charge in [-0.15, -0.1) is 15.3 Å². The molecule has 0 radical (unpaired) electrons. The highest BCUT2D eigenvalue weighted by Gasteiger charge is 2.24. The molecule has 1 aromatic carbocycles. The molecule has 10 heteroatoms. The number of amides is 1. The fraction of sp³-hybridized carbons (Fsp3) is 0.333. The number of benzene rings is 1. The molecule has 10 nitrogen and oxygen atoms in total. The van der Waals surface area contributed by atoms with Crippen LogP contribution in [0.15, 0.2) is 34.7 Å². The van der Waals surface area contributed by atoms with E-state index in [0.29, 0.717) is 18.3 Å². The van der Waals surface area contributed by atoms with Crippen molar-refractivity contribution in [2.24, 2.45) is 0 Å². The summed E-state index contributed by atoms with van der Waals surface area (Å²) in [5, 5.41) is 22.2. The van der Waals surface area contributed by atoms with Crippen molar-refractivity contribution in [3.63, 3.8) is 0 Å². The third-order valence-electron chi connectivity index (χ3n) is 3.66. The van der Waals surface area contributed by atoms with Gasteiger partial charge in [0.2, 0.25) is 11.7 Å². The van der Waals surface area contributed by atoms with Gasteiger partial charge in [-0.2, -0.15) is 4.80 Å². The highest BCUT2D eigenvalue weighted by Crippen LogP contribution is 2.28. The number of tetrazole rings is 1. The lowest BCUT2D eigenvalue weighted by Crippen LogP contribution is -2.20. The number of hydrogen-bond donors (Lipinski definition) is 1. The predicted molar refractivity (Wildman–Crippen MR) is 84.1 cm³/mol. The molecule has 0 unspecified atom stereocenters. The SMILES string of the molecule is O=C(Cn1nnc(-c2ccccc2)n1)Nc1nnc([C@@H]2CCCO2)o1. The van der Waals surface area contributed by atoms with Crippen LogP contribution < -0.4 is 5.32 Å². The summed E-state index contributed by atoms with van der Waals surface area (Å²) >= 11 is 0. The van der Waals surface area contributed by atoms with Crippen molar-refractivity contribution in [2.45, 2.75) is 25.5 Å². The molecule has 4 rings (SSSR count). The zero-order valence-corrected chi connectivity index (χ0v) is 13.2. The minimum atomic E-state index is -0.389. The van der Waals surface area contributed by atoms with E-state index in [4.69, 9.17) is 9.15 Å². The molecule has 128 valence electrons. The van der Waals surface area contributed by atoms with Gasteiger partial charge in [0.25, 0.3) is 5.91 Å². The van der Waals surface area contributed by atoms with E-state index >= 15 is 0 Å². The van der Waals surface area contributed by atoms with Gasteiger partial charge in [0.15, 0.2) is 0 Å². The van der Waals surface area contributed by atoms with Crippen LogP contribution in [-0.4, -0.2) is 42.9 Å². The number of nitrogens with zero attached hydrogens (tertiary/aromatic N) is 6. The molecule has 1 atom stereocenters. The molecule has 3 aromatic rings. The van der Waals surface area contributed by atoms with Crippen molar-refractivity contribution in [1.29, 1.82) is 0 Å². The molecular formula is C15H15N7O3. The van der Waals surface area contributed by atoms with Crippen LogP contribution in [0.2, 0.25) is 0 Å². The number of aromatic nitrogens is 6. The van der Waals surface area contributed by atoms with Crippen LogP contribution in [0.1, 0.15) is 24.8 Å². The van der Waals surface area contributed by atoms with Crippen molar-refractivity contribution < 1.29 is 13.9 Å². The van der Waals surface area contributed by atoms with Gasteiger partial charge in [0.05, 0.1) is 0 Å². The van der Waals surface area contributed by atoms with Crippen molar-refractivity contribution in [3.05, 3.63) is 36.2 Å². The molecule has 1 amide bonds. The maximum absolute atomic E-state index is 12.1. The highest BCUT2D eigenvalue weighted by atomic mass is 16.5. The van der Waals surface area contributed by atoms with Crippen LogP contribution in [0.3, 0.4) is 0 Å². The molecule has 1 N–H and O–H groups in total. The minimum Gasteiger partial charge on any atom is -0.405 e. The summed E-state index contributed by atoms with van der Waals surface area (Å²) in [6.45, 7) is 0.563. The summed E-state index contributed by atoms with van der Waals surface area (Å²) in [5.41, 5.74) is 0.826. The smallest absolute Gasteiger partial charge is 0.322 e. The van der Waals surface area contributed by atoms with Crippen LogP contribution in [0.25, 0.3) is 11.4 Å². The minimum absolute atomic E-state index is 0.0268. The number of carbonyl (C=O) groups is 1. The number of carbonyl (C=O) groups excluding carboxylic acids is 1. The van der Waals surface area contributed by atoms with E-state index in [0.717, 1.165) is 18.4 Å². The van der Waals surface area contributed by atoms with Gasteiger partial charge in [0, 0.05) is 12.2 Å². The molecule has 1 fully saturated rings. The van der Waals surface area contributed by atoms with Crippen molar-refractivity contribution in [2.75, 3.05) is 11.9 Å². The number of rotatable bonds is 5. The molecule has 2 aromatic heterocycles. The predicted octanol–water partition coefficient (Wildman–Crippen LogP) is 1.21. The second kappa shape index (κ2) is 6.77. The third-order valence-corrected chi connectivity index (χ3v) is 3.66. The Morgan fingerprint density at radius 1 is 1.24 bits per heavy atom.